The van der Waals surface area contributed by atoms with E-state index in [0.717, 1.165) is 0 Å². The summed E-state index contributed by atoms with van der Waals surface area (Å²) < 4.78 is 12.5. The number of rotatable bonds is 33. The van der Waals surface area contributed by atoms with E-state index in [1.165, 1.54) is 43.2 Å². The fourth-order valence-electron chi connectivity index (χ4n) is 7.22. The zero-order valence-electron chi connectivity index (χ0n) is 40.4. The topological polar surface area (TPSA) is 343 Å². The lowest BCUT2D eigenvalue weighted by molar-refractivity contribution is -0.118. The van der Waals surface area contributed by atoms with E-state index in [9.17, 15) is 79.8 Å². The fraction of sp³-hybridized carbons (Fsp3) is 0.591. The van der Waals surface area contributed by atoms with Crippen molar-refractivity contribution in [3.63, 3.8) is 0 Å². The number of nitrogens with zero attached hydrogens (tertiary/aromatic N) is 6. The number of halogens is 6. The molecule has 418 valence electrons. The molecule has 24 nitrogen and oxygen atoms in total. The van der Waals surface area contributed by atoms with Crippen LogP contribution in [0.2, 0.25) is 0 Å². The SMILES string of the molecule is CC(=O)N(CC(O)COCCOCC(O)CN(C(C)=O)c1c(I)c(C(=O)N(CCO)CCO)c(I)c(C(=O)N(CCO)CCO)c1I)c1c(I)c(C(=O)N(CCO)CCO)c(I)c(C(=O)N(CCO)CCO)c1I. The molecule has 0 radical (unpaired) electrons. The molecule has 74 heavy (non-hydrogen) atoms. The van der Waals surface area contributed by atoms with E-state index in [2.05, 4.69) is 0 Å². The highest BCUT2D eigenvalue weighted by Crippen LogP contribution is 2.41. The Morgan fingerprint density at radius 1 is 0.392 bits per heavy atom. The summed E-state index contributed by atoms with van der Waals surface area (Å²) in [6, 6.07) is 0. The Kier molecular flexibility index (Phi) is 33.4. The van der Waals surface area contributed by atoms with Gasteiger partial charge in [-0.1, -0.05) is 0 Å². The van der Waals surface area contributed by atoms with Gasteiger partial charge < -0.3 is 89.9 Å². The second-order valence-electron chi connectivity index (χ2n) is 15.8. The van der Waals surface area contributed by atoms with E-state index in [1.807, 2.05) is 136 Å². The first-order valence-corrected chi connectivity index (χ1v) is 29.1. The minimum Gasteiger partial charge on any atom is -0.395 e. The molecule has 0 bridgehead atoms. The van der Waals surface area contributed by atoms with Gasteiger partial charge in [0.2, 0.25) is 11.8 Å². The maximum Gasteiger partial charge on any atom is 0.256 e. The molecule has 2 aromatic rings. The van der Waals surface area contributed by atoms with Crippen LogP contribution in [0.3, 0.4) is 0 Å². The van der Waals surface area contributed by atoms with Crippen molar-refractivity contribution in [3.8, 4) is 0 Å². The lowest BCUT2D eigenvalue weighted by Crippen LogP contribution is -2.42. The van der Waals surface area contributed by atoms with Gasteiger partial charge in [-0.15, -0.1) is 0 Å². The number of ether oxygens (including phenoxy) is 2. The van der Waals surface area contributed by atoms with Gasteiger partial charge in [0, 0.05) is 73.3 Å². The van der Waals surface area contributed by atoms with E-state index in [-0.39, 0.29) is 134 Å². The summed E-state index contributed by atoms with van der Waals surface area (Å²) in [6.45, 7) is -4.16. The van der Waals surface area contributed by atoms with E-state index in [4.69, 9.17) is 9.47 Å². The second kappa shape index (κ2) is 35.7. The average Bonchev–Trinajstić information content (AvgIpc) is 3.33. The minimum atomic E-state index is -1.36. The first kappa shape index (κ1) is 69.3. The molecule has 10 N–H and O–H groups in total. The second-order valence-corrected chi connectivity index (χ2v) is 22.2. The zero-order chi connectivity index (χ0) is 56.0. The predicted octanol–water partition coefficient (Wildman–Crippen LogP) is -0.818. The van der Waals surface area contributed by atoms with E-state index >= 15 is 0 Å². The molecule has 2 rings (SSSR count). The standard InChI is InChI=1S/C44H62I6N6O18/c1-25(65)55(39-35(47)29(41(69)51(3-11-57)4-12-58)33(45)30(36(39)48)42(70)52(5-13-59)6-14-60)21-27(67)23-73-19-20-74-24-28(68)22-56(26(2)66)40-37(49)31(43(71)53(7-15-61)8-16-62)34(46)32(38(40)50)44(72)54(9-17-63)10-18-64/h27-28,57-64,67-68H,3-24H2,1-2H3. The molecule has 0 spiro atoms. The first-order valence-electron chi connectivity index (χ1n) is 22.6. The highest BCUT2D eigenvalue weighted by Gasteiger charge is 2.37. The summed E-state index contributed by atoms with van der Waals surface area (Å²) in [4.78, 5) is 90.3. The number of aliphatic hydroxyl groups is 10. The first-order chi connectivity index (χ1) is 35.1. The summed E-state index contributed by atoms with van der Waals surface area (Å²) in [5.74, 6) is -3.84. The highest BCUT2D eigenvalue weighted by atomic mass is 127. The van der Waals surface area contributed by atoms with Gasteiger partial charge in [0.1, 0.15) is 0 Å². The Morgan fingerprint density at radius 2 is 0.595 bits per heavy atom. The van der Waals surface area contributed by atoms with Gasteiger partial charge in [0.25, 0.3) is 23.6 Å². The molecule has 0 heterocycles. The van der Waals surface area contributed by atoms with E-state index < -0.39 is 114 Å². The number of carbonyl (C=O) groups excluding carboxylic acids is 6. The summed E-state index contributed by atoms with van der Waals surface area (Å²) in [5.41, 5.74) is 0.0991. The maximum absolute atomic E-state index is 14.1. The summed E-state index contributed by atoms with van der Waals surface area (Å²) in [5, 5.41) is 100. The quantitative estimate of drug-likeness (QED) is 0.0308. The zero-order valence-corrected chi connectivity index (χ0v) is 53.3. The Labute approximate surface area is 509 Å². The van der Waals surface area contributed by atoms with Crippen molar-refractivity contribution < 1.29 is 89.3 Å². The number of amides is 6. The van der Waals surface area contributed by atoms with Crippen LogP contribution in [0.25, 0.3) is 0 Å². The van der Waals surface area contributed by atoms with Crippen molar-refractivity contribution in [1.82, 2.24) is 19.6 Å². The molecular formula is C44H62I6N6O18. The van der Waals surface area contributed by atoms with Gasteiger partial charge >= 0.3 is 0 Å². The molecule has 0 saturated heterocycles. The molecule has 0 aliphatic carbocycles. The van der Waals surface area contributed by atoms with Crippen LogP contribution in [0.4, 0.5) is 11.4 Å². The van der Waals surface area contributed by atoms with Gasteiger partial charge in [0.15, 0.2) is 0 Å². The third-order valence-electron chi connectivity index (χ3n) is 10.6. The summed E-state index contributed by atoms with van der Waals surface area (Å²) >= 11 is 11.1. The van der Waals surface area contributed by atoms with Crippen LogP contribution in [0.15, 0.2) is 0 Å². The number of hydrogen-bond acceptors (Lipinski definition) is 18. The van der Waals surface area contributed by atoms with Gasteiger partial charge in [-0.2, -0.15) is 0 Å². The van der Waals surface area contributed by atoms with Gasteiger partial charge in [-0.05, 0) is 136 Å². The Morgan fingerprint density at radius 3 is 0.770 bits per heavy atom. The van der Waals surface area contributed by atoms with Crippen LogP contribution in [-0.2, 0) is 19.1 Å². The van der Waals surface area contributed by atoms with Crippen LogP contribution in [0.1, 0.15) is 55.3 Å². The van der Waals surface area contributed by atoms with Crippen molar-refractivity contribution >= 4 is 182 Å². The van der Waals surface area contributed by atoms with Crippen LogP contribution in [0, 0.1) is 21.4 Å². The third kappa shape index (κ3) is 18.9. The fourth-order valence-corrected chi connectivity index (χ4v) is 16.6. The molecule has 0 aliphatic rings. The molecular weight excluding hydrogens is 1660 g/mol. The molecule has 2 aromatic carbocycles. The van der Waals surface area contributed by atoms with Crippen molar-refractivity contribution in [1.29, 1.82) is 0 Å². The number of benzene rings is 2. The average molecular weight is 1720 g/mol. The normalized spacial score (nSPS) is 12.1. The number of hydrogen-bond donors (Lipinski definition) is 10. The van der Waals surface area contributed by atoms with E-state index in [1.54, 1.807) is 0 Å². The van der Waals surface area contributed by atoms with Crippen molar-refractivity contribution in [3.05, 3.63) is 43.7 Å². The summed E-state index contributed by atoms with van der Waals surface area (Å²) in [6.07, 6.45) is -2.71. The van der Waals surface area contributed by atoms with Gasteiger partial charge in [-0.25, -0.2) is 0 Å². The molecule has 30 heteroatoms. The van der Waals surface area contributed by atoms with Crippen LogP contribution in [0.5, 0.6) is 0 Å². The molecule has 0 aliphatic heterocycles. The number of aliphatic hydroxyl groups excluding tert-OH is 10. The highest BCUT2D eigenvalue weighted by molar-refractivity contribution is 14.1. The molecule has 0 saturated carbocycles. The summed E-state index contributed by atoms with van der Waals surface area (Å²) in [7, 11) is 0. The number of anilines is 2. The van der Waals surface area contributed by atoms with Gasteiger partial charge in [-0.3, -0.25) is 28.8 Å². The Balaban J connectivity index is 2.42. The van der Waals surface area contributed by atoms with Crippen molar-refractivity contribution in [2.75, 3.05) is 155 Å². The van der Waals surface area contributed by atoms with E-state index in [0.29, 0.717) is 0 Å². The maximum atomic E-state index is 14.1. The molecule has 6 amide bonds. The van der Waals surface area contributed by atoms with Crippen LogP contribution in [-0.4, -0.2) is 263 Å². The van der Waals surface area contributed by atoms with Crippen molar-refractivity contribution in [2.45, 2.75) is 26.1 Å². The minimum absolute atomic E-state index is 0.0232. The van der Waals surface area contributed by atoms with Gasteiger partial charge in [0.05, 0.1) is 152 Å². The Hall–Kier alpha value is -0.840. The predicted molar refractivity (Wildman–Crippen MR) is 319 cm³/mol. The van der Waals surface area contributed by atoms with Crippen molar-refractivity contribution in [2.24, 2.45) is 0 Å². The van der Waals surface area contributed by atoms with Crippen LogP contribution < -0.4 is 9.80 Å². The molecule has 2 atom stereocenters. The lowest BCUT2D eigenvalue weighted by Gasteiger charge is -2.31. The monoisotopic (exact) mass is 1720 g/mol. The Bertz CT molecular complexity index is 1950. The molecule has 2 unspecified atom stereocenters. The lowest BCUT2D eigenvalue weighted by atomic mass is 10.0. The smallest absolute Gasteiger partial charge is 0.256 e. The largest absolute Gasteiger partial charge is 0.395 e. The van der Waals surface area contributed by atoms with Crippen LogP contribution >= 0.6 is 136 Å². The molecule has 0 aromatic heterocycles. The third-order valence-corrected chi connectivity index (χ3v) is 17.0. The molecule has 0 fully saturated rings. The number of carbonyl (C=O) groups is 6.